The lowest BCUT2D eigenvalue weighted by Gasteiger charge is -2.19. The van der Waals surface area contributed by atoms with Crippen molar-refractivity contribution in [3.05, 3.63) is 35.6 Å². The number of benzene rings is 1. The van der Waals surface area contributed by atoms with E-state index in [4.69, 9.17) is 9.47 Å². The van der Waals surface area contributed by atoms with Crippen LogP contribution in [-0.4, -0.2) is 32.4 Å². The lowest BCUT2D eigenvalue weighted by Crippen LogP contribution is -2.26. The summed E-state index contributed by atoms with van der Waals surface area (Å²) in [6.07, 6.45) is 4.57. The number of ether oxygens (including phenoxy) is 2. The van der Waals surface area contributed by atoms with Crippen molar-refractivity contribution < 1.29 is 13.9 Å². The van der Waals surface area contributed by atoms with Crippen molar-refractivity contribution in [3.63, 3.8) is 0 Å². The number of unbranched alkanes of at least 4 members (excludes halogenated alkanes) is 1. The van der Waals surface area contributed by atoms with Crippen LogP contribution in [0, 0.1) is 5.82 Å². The zero-order chi connectivity index (χ0) is 14.9. The SMILES string of the molecule is CCCCOCCOC(CNC1CC1)c1cccc(F)c1. The number of hydrogen-bond acceptors (Lipinski definition) is 3. The molecule has 21 heavy (non-hydrogen) atoms. The number of halogens is 1. The summed E-state index contributed by atoms with van der Waals surface area (Å²) in [4.78, 5) is 0. The zero-order valence-corrected chi connectivity index (χ0v) is 12.8. The van der Waals surface area contributed by atoms with Crippen LogP contribution >= 0.6 is 0 Å². The van der Waals surface area contributed by atoms with Crippen LogP contribution in [-0.2, 0) is 9.47 Å². The lowest BCUT2D eigenvalue weighted by atomic mass is 10.1. The van der Waals surface area contributed by atoms with Gasteiger partial charge in [0.2, 0.25) is 0 Å². The van der Waals surface area contributed by atoms with Gasteiger partial charge >= 0.3 is 0 Å². The Hall–Kier alpha value is -0.970. The number of nitrogens with one attached hydrogen (secondary N) is 1. The Kier molecular flexibility index (Phi) is 7.13. The maximum Gasteiger partial charge on any atom is 0.123 e. The molecule has 0 aromatic heterocycles. The average Bonchev–Trinajstić information content (AvgIpc) is 3.30. The molecule has 0 spiro atoms. The van der Waals surface area contributed by atoms with Gasteiger partial charge in [-0.25, -0.2) is 4.39 Å². The Morgan fingerprint density at radius 2 is 2.14 bits per heavy atom. The highest BCUT2D eigenvalue weighted by atomic mass is 19.1. The normalized spacial score (nSPS) is 16.1. The maximum absolute atomic E-state index is 13.4. The van der Waals surface area contributed by atoms with Crippen molar-refractivity contribution in [1.82, 2.24) is 5.32 Å². The lowest BCUT2D eigenvalue weighted by molar-refractivity contribution is 0.00335. The van der Waals surface area contributed by atoms with Gasteiger partial charge in [-0.15, -0.1) is 0 Å². The molecule has 0 saturated heterocycles. The summed E-state index contributed by atoms with van der Waals surface area (Å²) in [6.45, 7) is 4.78. The van der Waals surface area contributed by atoms with Gasteiger partial charge in [-0.2, -0.15) is 0 Å². The Balaban J connectivity index is 1.77. The summed E-state index contributed by atoms with van der Waals surface area (Å²) < 4.78 is 24.8. The Labute approximate surface area is 126 Å². The first-order valence-corrected chi connectivity index (χ1v) is 7.97. The first-order valence-electron chi connectivity index (χ1n) is 7.97. The van der Waals surface area contributed by atoms with Gasteiger partial charge in [0.25, 0.3) is 0 Å². The molecule has 1 fully saturated rings. The Morgan fingerprint density at radius 1 is 1.29 bits per heavy atom. The second-order valence-electron chi connectivity index (χ2n) is 5.56. The van der Waals surface area contributed by atoms with Crippen LogP contribution in [0.25, 0.3) is 0 Å². The minimum Gasteiger partial charge on any atom is -0.379 e. The van der Waals surface area contributed by atoms with E-state index in [1.54, 1.807) is 12.1 Å². The van der Waals surface area contributed by atoms with E-state index in [-0.39, 0.29) is 11.9 Å². The molecule has 1 aliphatic rings. The van der Waals surface area contributed by atoms with Crippen molar-refractivity contribution in [2.45, 2.75) is 44.8 Å². The maximum atomic E-state index is 13.4. The molecule has 2 rings (SSSR count). The molecule has 0 heterocycles. The zero-order valence-electron chi connectivity index (χ0n) is 12.8. The van der Waals surface area contributed by atoms with Crippen molar-refractivity contribution >= 4 is 0 Å². The molecule has 1 N–H and O–H groups in total. The van der Waals surface area contributed by atoms with Crippen molar-refractivity contribution in [3.8, 4) is 0 Å². The first-order chi connectivity index (χ1) is 10.3. The van der Waals surface area contributed by atoms with Crippen LogP contribution in [0.15, 0.2) is 24.3 Å². The van der Waals surface area contributed by atoms with Gasteiger partial charge in [-0.3, -0.25) is 0 Å². The molecule has 1 aliphatic carbocycles. The summed E-state index contributed by atoms with van der Waals surface area (Å²) in [6, 6.07) is 7.28. The van der Waals surface area contributed by atoms with E-state index in [1.165, 1.54) is 18.9 Å². The van der Waals surface area contributed by atoms with Crippen LogP contribution < -0.4 is 5.32 Å². The third-order valence-electron chi connectivity index (χ3n) is 3.58. The second kappa shape index (κ2) is 9.13. The standard InChI is InChI=1S/C17H26FNO2/c1-2-3-9-20-10-11-21-17(13-19-16-7-8-16)14-5-4-6-15(18)12-14/h4-6,12,16-17,19H,2-3,7-11,13H2,1H3. The summed E-state index contributed by atoms with van der Waals surface area (Å²) in [5.41, 5.74) is 0.886. The van der Waals surface area contributed by atoms with Gasteiger partial charge in [0.15, 0.2) is 0 Å². The van der Waals surface area contributed by atoms with Crippen molar-refractivity contribution in [2.75, 3.05) is 26.4 Å². The van der Waals surface area contributed by atoms with Crippen molar-refractivity contribution in [2.24, 2.45) is 0 Å². The van der Waals surface area contributed by atoms with Gasteiger partial charge in [-0.1, -0.05) is 25.5 Å². The van der Waals surface area contributed by atoms with E-state index < -0.39 is 0 Å². The van der Waals surface area contributed by atoms with E-state index in [0.29, 0.717) is 19.3 Å². The topological polar surface area (TPSA) is 30.5 Å². The predicted octanol–water partition coefficient (Wildman–Crippen LogP) is 3.45. The van der Waals surface area contributed by atoms with E-state index in [1.807, 2.05) is 6.07 Å². The minimum absolute atomic E-state index is 0.115. The first kappa shape index (κ1) is 16.4. The molecular weight excluding hydrogens is 269 g/mol. The van der Waals surface area contributed by atoms with Gasteiger partial charge in [0, 0.05) is 19.2 Å². The molecule has 0 radical (unpaired) electrons. The molecule has 0 bridgehead atoms. The molecule has 1 atom stereocenters. The fourth-order valence-corrected chi connectivity index (χ4v) is 2.14. The smallest absolute Gasteiger partial charge is 0.123 e. The van der Waals surface area contributed by atoms with Crippen LogP contribution in [0.3, 0.4) is 0 Å². The third kappa shape index (κ3) is 6.55. The Morgan fingerprint density at radius 3 is 2.86 bits per heavy atom. The Bertz CT molecular complexity index is 410. The summed E-state index contributed by atoms with van der Waals surface area (Å²) in [5.74, 6) is -0.216. The van der Waals surface area contributed by atoms with E-state index in [0.717, 1.165) is 31.6 Å². The highest BCUT2D eigenvalue weighted by Gasteiger charge is 2.22. The van der Waals surface area contributed by atoms with Gasteiger partial charge in [-0.05, 0) is 37.0 Å². The minimum atomic E-state index is -0.216. The monoisotopic (exact) mass is 295 g/mol. The molecule has 1 unspecified atom stereocenters. The number of hydrogen-bond donors (Lipinski definition) is 1. The quantitative estimate of drug-likeness (QED) is 0.634. The molecule has 4 heteroatoms. The van der Waals surface area contributed by atoms with Gasteiger partial charge in [0.05, 0.1) is 19.3 Å². The van der Waals surface area contributed by atoms with Crippen LogP contribution in [0.2, 0.25) is 0 Å². The number of rotatable bonds is 11. The van der Waals surface area contributed by atoms with Crippen LogP contribution in [0.5, 0.6) is 0 Å². The molecule has 0 aliphatic heterocycles. The van der Waals surface area contributed by atoms with Crippen LogP contribution in [0.4, 0.5) is 4.39 Å². The second-order valence-corrected chi connectivity index (χ2v) is 5.56. The molecule has 1 aromatic carbocycles. The molecule has 1 aromatic rings. The highest BCUT2D eigenvalue weighted by molar-refractivity contribution is 5.19. The van der Waals surface area contributed by atoms with Crippen LogP contribution in [0.1, 0.15) is 44.3 Å². The fraction of sp³-hybridized carbons (Fsp3) is 0.647. The molecule has 3 nitrogen and oxygen atoms in total. The van der Waals surface area contributed by atoms with E-state index in [2.05, 4.69) is 12.2 Å². The van der Waals surface area contributed by atoms with E-state index >= 15 is 0 Å². The average molecular weight is 295 g/mol. The fourth-order valence-electron chi connectivity index (χ4n) is 2.14. The summed E-state index contributed by atoms with van der Waals surface area (Å²) >= 11 is 0. The molecular formula is C17H26FNO2. The molecule has 0 amide bonds. The van der Waals surface area contributed by atoms with Gasteiger partial charge in [0.1, 0.15) is 5.82 Å². The van der Waals surface area contributed by atoms with Crippen molar-refractivity contribution in [1.29, 1.82) is 0 Å². The third-order valence-corrected chi connectivity index (χ3v) is 3.58. The molecule has 1 saturated carbocycles. The van der Waals surface area contributed by atoms with E-state index in [9.17, 15) is 4.39 Å². The highest BCUT2D eigenvalue weighted by Crippen LogP contribution is 2.22. The molecule has 118 valence electrons. The summed E-state index contributed by atoms with van der Waals surface area (Å²) in [7, 11) is 0. The summed E-state index contributed by atoms with van der Waals surface area (Å²) in [5, 5.41) is 3.45. The largest absolute Gasteiger partial charge is 0.379 e. The van der Waals surface area contributed by atoms with Gasteiger partial charge < -0.3 is 14.8 Å². The predicted molar refractivity (Wildman–Crippen MR) is 81.8 cm³/mol.